The quantitative estimate of drug-likeness (QED) is 0.510. The van der Waals surface area contributed by atoms with Gasteiger partial charge < -0.3 is 4.57 Å². The number of rotatable bonds is 3. The zero-order valence-electron chi connectivity index (χ0n) is 14.3. The minimum absolute atomic E-state index is 0.485. The highest BCUT2D eigenvalue weighted by atomic mass is 15.3. The maximum Gasteiger partial charge on any atom is 0.174 e. The van der Waals surface area contributed by atoms with E-state index in [0.717, 1.165) is 27.7 Å². The highest BCUT2D eigenvalue weighted by Gasteiger charge is 2.14. The molecule has 0 aliphatic rings. The number of hydrogen-bond donors (Lipinski definition) is 0. The fraction of sp³-hybridized carbons (Fsp3) is 0.0455. The van der Waals surface area contributed by atoms with E-state index in [1.165, 1.54) is 0 Å². The Balaban J connectivity index is 1.83. The molecule has 0 bridgehead atoms. The topological polar surface area (TPSA) is 54.5 Å². The van der Waals surface area contributed by atoms with Crippen molar-refractivity contribution in [2.75, 3.05) is 0 Å². The van der Waals surface area contributed by atoms with Gasteiger partial charge >= 0.3 is 0 Å². The minimum Gasteiger partial charge on any atom is -0.310 e. The Kier molecular flexibility index (Phi) is 4.04. The van der Waals surface area contributed by atoms with E-state index in [1.54, 1.807) is 0 Å². The van der Waals surface area contributed by atoms with Gasteiger partial charge in [-0.25, -0.2) is 0 Å². The van der Waals surface area contributed by atoms with Gasteiger partial charge in [0, 0.05) is 12.6 Å². The van der Waals surface area contributed by atoms with Gasteiger partial charge in [0.1, 0.15) is 6.07 Å². The molecule has 0 aliphatic carbocycles. The van der Waals surface area contributed by atoms with Crippen molar-refractivity contribution in [3.63, 3.8) is 0 Å². The van der Waals surface area contributed by atoms with Crippen LogP contribution in [0.4, 0.5) is 0 Å². The molecule has 4 heteroatoms. The van der Waals surface area contributed by atoms with Crippen molar-refractivity contribution in [3.8, 4) is 17.5 Å². The molecule has 0 N–H and O–H groups in total. The number of nitrogens with zero attached hydrogens (tertiary/aromatic N) is 4. The molecule has 0 amide bonds. The van der Waals surface area contributed by atoms with Gasteiger partial charge in [-0.05, 0) is 22.4 Å². The van der Waals surface area contributed by atoms with Crippen LogP contribution in [-0.4, -0.2) is 14.8 Å². The van der Waals surface area contributed by atoms with E-state index >= 15 is 0 Å². The van der Waals surface area contributed by atoms with Crippen LogP contribution in [0.3, 0.4) is 0 Å². The Morgan fingerprint density at radius 1 is 0.923 bits per heavy atom. The molecule has 0 spiro atoms. The SMILES string of the molecule is Cn1c(/C(C#N)=C\c2cccc3ccccc23)nnc1-c1ccccc1. The first-order valence-corrected chi connectivity index (χ1v) is 8.32. The number of nitriles is 1. The van der Waals surface area contributed by atoms with Gasteiger partial charge in [0.05, 0.1) is 5.57 Å². The lowest BCUT2D eigenvalue weighted by Crippen LogP contribution is -1.98. The molecule has 4 aromatic rings. The number of allylic oxidation sites excluding steroid dienone is 1. The van der Waals surface area contributed by atoms with Gasteiger partial charge in [0.2, 0.25) is 0 Å². The highest BCUT2D eigenvalue weighted by molar-refractivity contribution is 5.97. The first-order chi connectivity index (χ1) is 12.8. The molecule has 3 aromatic carbocycles. The van der Waals surface area contributed by atoms with Gasteiger partial charge in [0.15, 0.2) is 11.6 Å². The molecule has 4 nitrogen and oxygen atoms in total. The summed E-state index contributed by atoms with van der Waals surface area (Å²) in [5, 5.41) is 20.5. The first-order valence-electron chi connectivity index (χ1n) is 8.32. The van der Waals surface area contributed by atoms with Crippen molar-refractivity contribution < 1.29 is 0 Å². The van der Waals surface area contributed by atoms with Gasteiger partial charge in [-0.1, -0.05) is 72.8 Å². The van der Waals surface area contributed by atoms with Gasteiger partial charge in [-0.3, -0.25) is 0 Å². The van der Waals surface area contributed by atoms with Crippen LogP contribution < -0.4 is 0 Å². The van der Waals surface area contributed by atoms with Gasteiger partial charge in [-0.15, -0.1) is 10.2 Å². The van der Waals surface area contributed by atoms with Crippen molar-refractivity contribution in [1.82, 2.24) is 14.8 Å². The second kappa shape index (κ2) is 6.66. The maximum absolute atomic E-state index is 9.72. The molecule has 1 aromatic heterocycles. The third-order valence-corrected chi connectivity index (χ3v) is 4.39. The minimum atomic E-state index is 0.485. The van der Waals surface area contributed by atoms with E-state index < -0.39 is 0 Å². The van der Waals surface area contributed by atoms with Crippen LogP contribution in [0.15, 0.2) is 72.8 Å². The summed E-state index contributed by atoms with van der Waals surface area (Å²) in [6, 6.07) is 26.3. The second-order valence-electron chi connectivity index (χ2n) is 6.01. The van der Waals surface area contributed by atoms with Crippen molar-refractivity contribution in [1.29, 1.82) is 5.26 Å². The molecule has 0 unspecified atom stereocenters. The van der Waals surface area contributed by atoms with E-state index in [9.17, 15) is 5.26 Å². The summed E-state index contributed by atoms with van der Waals surface area (Å²) < 4.78 is 1.86. The fourth-order valence-electron chi connectivity index (χ4n) is 3.08. The molecular weight excluding hydrogens is 320 g/mol. The molecule has 0 atom stereocenters. The molecule has 0 saturated heterocycles. The Morgan fingerprint density at radius 3 is 2.46 bits per heavy atom. The van der Waals surface area contributed by atoms with Crippen LogP contribution in [0.5, 0.6) is 0 Å². The first kappa shape index (κ1) is 15.8. The van der Waals surface area contributed by atoms with Crippen LogP contribution in [0.25, 0.3) is 33.8 Å². The summed E-state index contributed by atoms with van der Waals surface area (Å²) in [4.78, 5) is 0. The van der Waals surface area contributed by atoms with Crippen LogP contribution >= 0.6 is 0 Å². The monoisotopic (exact) mass is 336 g/mol. The second-order valence-corrected chi connectivity index (χ2v) is 6.01. The summed E-state index contributed by atoms with van der Waals surface area (Å²) in [5.41, 5.74) is 2.44. The van der Waals surface area contributed by atoms with E-state index in [4.69, 9.17) is 0 Å². The number of benzene rings is 3. The van der Waals surface area contributed by atoms with Crippen molar-refractivity contribution in [2.24, 2.45) is 7.05 Å². The molecule has 124 valence electrons. The van der Waals surface area contributed by atoms with Crippen LogP contribution in [0.2, 0.25) is 0 Å². The third-order valence-electron chi connectivity index (χ3n) is 4.39. The Morgan fingerprint density at radius 2 is 1.65 bits per heavy atom. The van der Waals surface area contributed by atoms with E-state index in [2.05, 4.69) is 34.5 Å². The molecule has 0 saturated carbocycles. The lowest BCUT2D eigenvalue weighted by atomic mass is 10.0. The summed E-state index contributed by atoms with van der Waals surface area (Å²) in [5.74, 6) is 1.29. The predicted molar refractivity (Wildman–Crippen MR) is 104 cm³/mol. The lowest BCUT2D eigenvalue weighted by molar-refractivity contribution is 0.901. The van der Waals surface area contributed by atoms with Crippen LogP contribution in [0.1, 0.15) is 11.4 Å². The largest absolute Gasteiger partial charge is 0.310 e. The van der Waals surface area contributed by atoms with Crippen molar-refractivity contribution in [2.45, 2.75) is 0 Å². The summed E-state index contributed by atoms with van der Waals surface area (Å²) in [7, 11) is 1.88. The molecule has 26 heavy (non-hydrogen) atoms. The zero-order chi connectivity index (χ0) is 17.9. The van der Waals surface area contributed by atoms with Crippen LogP contribution in [-0.2, 0) is 7.05 Å². The number of aromatic nitrogens is 3. The van der Waals surface area contributed by atoms with E-state index in [1.807, 2.05) is 72.3 Å². The van der Waals surface area contributed by atoms with Gasteiger partial charge in [-0.2, -0.15) is 5.26 Å². The van der Waals surface area contributed by atoms with E-state index in [0.29, 0.717) is 11.4 Å². The molecule has 0 radical (unpaired) electrons. The molecule has 4 rings (SSSR count). The average molecular weight is 336 g/mol. The highest BCUT2D eigenvalue weighted by Crippen LogP contribution is 2.25. The third kappa shape index (κ3) is 2.76. The smallest absolute Gasteiger partial charge is 0.174 e. The molecule has 0 fully saturated rings. The summed E-state index contributed by atoms with van der Waals surface area (Å²) >= 11 is 0. The standard InChI is InChI=1S/C22H16N4/c1-26-21(17-9-3-2-4-10-17)24-25-22(26)19(15-23)14-18-12-7-11-16-8-5-6-13-20(16)18/h2-14H,1H3/b19-14-. The normalized spacial score (nSPS) is 11.5. The number of hydrogen-bond acceptors (Lipinski definition) is 3. The summed E-state index contributed by atoms with van der Waals surface area (Å²) in [6.07, 6.45) is 1.88. The Bertz CT molecular complexity index is 1140. The Hall–Kier alpha value is -3.71. The average Bonchev–Trinajstić information content (AvgIpc) is 3.08. The molecular formula is C22H16N4. The zero-order valence-corrected chi connectivity index (χ0v) is 14.3. The Labute approximate surface area is 151 Å². The summed E-state index contributed by atoms with van der Waals surface area (Å²) in [6.45, 7) is 0. The van der Waals surface area contributed by atoms with Crippen LogP contribution in [0, 0.1) is 11.3 Å². The fourth-order valence-corrected chi connectivity index (χ4v) is 3.08. The van der Waals surface area contributed by atoms with E-state index in [-0.39, 0.29) is 0 Å². The maximum atomic E-state index is 9.72. The number of fused-ring (bicyclic) bond motifs is 1. The predicted octanol–water partition coefficient (Wildman–Crippen LogP) is 4.70. The van der Waals surface area contributed by atoms with Crippen molar-refractivity contribution in [3.05, 3.63) is 84.2 Å². The van der Waals surface area contributed by atoms with Gasteiger partial charge in [0.25, 0.3) is 0 Å². The molecule has 1 heterocycles. The van der Waals surface area contributed by atoms with Crippen molar-refractivity contribution >= 4 is 22.4 Å². The molecule has 0 aliphatic heterocycles. The lowest BCUT2D eigenvalue weighted by Gasteiger charge is -2.05.